The second kappa shape index (κ2) is 8.39. The molecule has 3 rings (SSSR count). The van der Waals surface area contributed by atoms with E-state index < -0.39 is 67.1 Å². The standard InChI is InChI=1S/C21H18F7NO2/c1-12(22)11-31-15-3-4-16(17(9-15)21(26,27)28)19(30)29-7-6-20(24,25)10-13-8-14(23)2-5-18(13)29/h2-5,8-9,12H,6-7,10-11H2,1H3/t12-/m1/s1. The third kappa shape index (κ3) is 5.29. The number of fused-ring (bicyclic) bond motifs is 1. The fourth-order valence-corrected chi connectivity index (χ4v) is 3.32. The third-order valence-corrected chi connectivity index (χ3v) is 4.73. The molecular weight excluding hydrogens is 431 g/mol. The lowest BCUT2D eigenvalue weighted by atomic mass is 10.0. The fraction of sp³-hybridized carbons (Fsp3) is 0.381. The number of carbonyl (C=O) groups is 1. The molecule has 0 bridgehead atoms. The van der Waals surface area contributed by atoms with Crippen molar-refractivity contribution in [3.63, 3.8) is 0 Å². The summed E-state index contributed by atoms with van der Waals surface area (Å²) in [5, 5.41) is 0. The number of hydrogen-bond acceptors (Lipinski definition) is 2. The molecule has 0 saturated heterocycles. The first-order valence-corrected chi connectivity index (χ1v) is 9.33. The zero-order valence-corrected chi connectivity index (χ0v) is 16.3. The Bertz CT molecular complexity index is 973. The molecule has 1 aliphatic rings. The predicted molar refractivity (Wildman–Crippen MR) is 98.9 cm³/mol. The van der Waals surface area contributed by atoms with Crippen LogP contribution in [0.2, 0.25) is 0 Å². The van der Waals surface area contributed by atoms with Crippen LogP contribution < -0.4 is 9.64 Å². The van der Waals surface area contributed by atoms with Crippen LogP contribution in [0.3, 0.4) is 0 Å². The molecule has 2 aromatic rings. The van der Waals surface area contributed by atoms with Gasteiger partial charge in [-0.1, -0.05) is 0 Å². The van der Waals surface area contributed by atoms with Gasteiger partial charge in [-0.05, 0) is 48.9 Å². The van der Waals surface area contributed by atoms with Crippen LogP contribution in [0.4, 0.5) is 36.4 Å². The zero-order valence-electron chi connectivity index (χ0n) is 16.3. The molecule has 1 heterocycles. The van der Waals surface area contributed by atoms with Gasteiger partial charge in [0.1, 0.15) is 24.3 Å². The summed E-state index contributed by atoms with van der Waals surface area (Å²) in [5.41, 5.74) is -2.39. The molecule has 10 heteroatoms. The highest BCUT2D eigenvalue weighted by molar-refractivity contribution is 6.07. The Kier molecular flexibility index (Phi) is 6.20. The molecule has 0 N–H and O–H groups in total. The van der Waals surface area contributed by atoms with Gasteiger partial charge in [-0.2, -0.15) is 13.2 Å². The van der Waals surface area contributed by atoms with E-state index in [4.69, 9.17) is 4.74 Å². The summed E-state index contributed by atoms with van der Waals surface area (Å²) in [4.78, 5) is 13.8. The Morgan fingerprint density at radius 3 is 2.55 bits per heavy atom. The third-order valence-electron chi connectivity index (χ3n) is 4.73. The lowest BCUT2D eigenvalue weighted by molar-refractivity contribution is -0.138. The van der Waals surface area contributed by atoms with Crippen LogP contribution in [0.5, 0.6) is 5.75 Å². The van der Waals surface area contributed by atoms with Crippen molar-refractivity contribution in [2.75, 3.05) is 18.1 Å². The van der Waals surface area contributed by atoms with E-state index >= 15 is 0 Å². The summed E-state index contributed by atoms with van der Waals surface area (Å²) in [7, 11) is 0. The quantitative estimate of drug-likeness (QED) is 0.552. The van der Waals surface area contributed by atoms with Gasteiger partial charge in [-0.15, -0.1) is 0 Å². The van der Waals surface area contributed by atoms with Crippen molar-refractivity contribution in [1.82, 2.24) is 0 Å². The SMILES string of the molecule is C[C@@H](F)COc1ccc(C(=O)N2CCC(F)(F)Cc3cc(F)ccc32)c(C(F)(F)F)c1. The van der Waals surface area contributed by atoms with Crippen molar-refractivity contribution in [1.29, 1.82) is 0 Å². The monoisotopic (exact) mass is 449 g/mol. The average Bonchev–Trinajstić information content (AvgIpc) is 2.79. The lowest BCUT2D eigenvalue weighted by Crippen LogP contribution is -2.34. The zero-order chi connectivity index (χ0) is 23.0. The number of alkyl halides is 6. The summed E-state index contributed by atoms with van der Waals surface area (Å²) in [5.74, 6) is -5.52. The summed E-state index contributed by atoms with van der Waals surface area (Å²) >= 11 is 0. The van der Waals surface area contributed by atoms with Crippen molar-refractivity contribution in [2.45, 2.75) is 38.0 Å². The molecule has 3 nitrogen and oxygen atoms in total. The maximum atomic E-state index is 14.1. The first kappa shape index (κ1) is 22.9. The minimum Gasteiger partial charge on any atom is -0.491 e. The lowest BCUT2D eigenvalue weighted by Gasteiger charge is -2.25. The van der Waals surface area contributed by atoms with E-state index in [0.29, 0.717) is 6.07 Å². The van der Waals surface area contributed by atoms with Gasteiger partial charge in [0.2, 0.25) is 0 Å². The maximum Gasteiger partial charge on any atom is 0.417 e. The van der Waals surface area contributed by atoms with Crippen LogP contribution in [0.25, 0.3) is 0 Å². The number of amides is 1. The van der Waals surface area contributed by atoms with Gasteiger partial charge >= 0.3 is 6.18 Å². The molecule has 0 fully saturated rings. The molecule has 0 spiro atoms. The van der Waals surface area contributed by atoms with Crippen LogP contribution in [0.1, 0.15) is 34.8 Å². The molecule has 2 aromatic carbocycles. The predicted octanol–water partition coefficient (Wildman–Crippen LogP) is 5.81. The number of ether oxygens (including phenoxy) is 1. The van der Waals surface area contributed by atoms with E-state index in [1.807, 2.05) is 0 Å². The van der Waals surface area contributed by atoms with Crippen LogP contribution in [0.15, 0.2) is 36.4 Å². The van der Waals surface area contributed by atoms with Crippen LogP contribution in [0, 0.1) is 5.82 Å². The van der Waals surface area contributed by atoms with E-state index in [9.17, 15) is 35.5 Å². The molecule has 0 radical (unpaired) electrons. The Balaban J connectivity index is 2.04. The van der Waals surface area contributed by atoms with Crippen molar-refractivity contribution < 1.29 is 40.3 Å². The molecule has 1 amide bonds. The Morgan fingerprint density at radius 1 is 1.19 bits per heavy atom. The minimum absolute atomic E-state index is 0.0803. The van der Waals surface area contributed by atoms with Crippen molar-refractivity contribution >= 4 is 11.6 Å². The fourth-order valence-electron chi connectivity index (χ4n) is 3.32. The highest BCUT2D eigenvalue weighted by Crippen LogP contribution is 2.38. The van der Waals surface area contributed by atoms with E-state index in [2.05, 4.69) is 0 Å². The normalized spacial score (nSPS) is 17.0. The van der Waals surface area contributed by atoms with E-state index in [-0.39, 0.29) is 17.0 Å². The van der Waals surface area contributed by atoms with Gasteiger partial charge in [0.05, 0.1) is 11.1 Å². The van der Waals surface area contributed by atoms with Crippen LogP contribution in [-0.2, 0) is 12.6 Å². The van der Waals surface area contributed by atoms with Gasteiger partial charge in [0.25, 0.3) is 11.8 Å². The van der Waals surface area contributed by atoms with Gasteiger partial charge < -0.3 is 9.64 Å². The van der Waals surface area contributed by atoms with Crippen LogP contribution >= 0.6 is 0 Å². The highest BCUT2D eigenvalue weighted by atomic mass is 19.4. The topological polar surface area (TPSA) is 29.5 Å². The number of hydrogen-bond donors (Lipinski definition) is 0. The highest BCUT2D eigenvalue weighted by Gasteiger charge is 2.40. The molecule has 0 aromatic heterocycles. The second-order valence-corrected chi connectivity index (χ2v) is 7.31. The smallest absolute Gasteiger partial charge is 0.417 e. The molecule has 31 heavy (non-hydrogen) atoms. The molecule has 0 saturated carbocycles. The number of rotatable bonds is 4. The van der Waals surface area contributed by atoms with E-state index in [1.165, 1.54) is 0 Å². The van der Waals surface area contributed by atoms with Crippen molar-refractivity contribution in [3.05, 3.63) is 58.9 Å². The average molecular weight is 449 g/mol. The largest absolute Gasteiger partial charge is 0.491 e. The van der Waals surface area contributed by atoms with Gasteiger partial charge in [0.15, 0.2) is 0 Å². The summed E-state index contributed by atoms with van der Waals surface area (Å²) in [6, 6.07) is 5.38. The van der Waals surface area contributed by atoms with Gasteiger partial charge in [0, 0.05) is 25.1 Å². The van der Waals surface area contributed by atoms with E-state index in [0.717, 1.165) is 42.2 Å². The first-order chi connectivity index (χ1) is 14.4. The minimum atomic E-state index is -4.97. The Hall–Kier alpha value is -2.78. The van der Waals surface area contributed by atoms with Gasteiger partial charge in [-0.3, -0.25) is 4.79 Å². The summed E-state index contributed by atoms with van der Waals surface area (Å²) in [6.45, 7) is 0.127. The van der Waals surface area contributed by atoms with Crippen molar-refractivity contribution in [2.24, 2.45) is 0 Å². The number of nitrogens with zero attached hydrogens (tertiary/aromatic N) is 1. The number of benzene rings is 2. The van der Waals surface area contributed by atoms with Crippen LogP contribution in [-0.4, -0.2) is 31.2 Å². The summed E-state index contributed by atoms with van der Waals surface area (Å²) < 4.78 is 101. The number of anilines is 1. The maximum absolute atomic E-state index is 14.1. The molecule has 0 unspecified atom stereocenters. The van der Waals surface area contributed by atoms with Gasteiger partial charge in [-0.25, -0.2) is 17.6 Å². The Labute approximate surface area is 173 Å². The molecule has 1 atom stereocenters. The molecular formula is C21H18F7NO2. The number of carbonyl (C=O) groups excluding carboxylic acids is 1. The molecule has 0 aliphatic carbocycles. The molecule has 168 valence electrons. The summed E-state index contributed by atoms with van der Waals surface area (Å²) in [6.07, 6.45) is -8.03. The Morgan fingerprint density at radius 2 is 1.90 bits per heavy atom. The second-order valence-electron chi connectivity index (χ2n) is 7.31. The first-order valence-electron chi connectivity index (χ1n) is 9.33. The van der Waals surface area contributed by atoms with Crippen molar-refractivity contribution in [3.8, 4) is 5.75 Å². The van der Waals surface area contributed by atoms with E-state index in [1.54, 1.807) is 0 Å². The number of halogens is 7. The molecule has 1 aliphatic heterocycles.